The van der Waals surface area contributed by atoms with Crippen LogP contribution in [-0.4, -0.2) is 26.6 Å². The van der Waals surface area contributed by atoms with E-state index in [0.29, 0.717) is 34.1 Å². The molecule has 0 bridgehead atoms. The van der Waals surface area contributed by atoms with Gasteiger partial charge in [-0.25, -0.2) is 8.42 Å². The Morgan fingerprint density at radius 3 is 2.29 bits per heavy atom. The molecule has 0 saturated carbocycles. The van der Waals surface area contributed by atoms with E-state index < -0.39 is 15.9 Å². The molecule has 0 spiro atoms. The van der Waals surface area contributed by atoms with Gasteiger partial charge >= 0.3 is 0 Å². The van der Waals surface area contributed by atoms with Crippen LogP contribution in [0.3, 0.4) is 0 Å². The predicted octanol–water partition coefficient (Wildman–Crippen LogP) is 5.02. The molecule has 0 fully saturated rings. The lowest BCUT2D eigenvalue weighted by Crippen LogP contribution is -2.17. The van der Waals surface area contributed by atoms with Gasteiger partial charge in [0.25, 0.3) is 15.9 Å². The monoisotopic (exact) mass is 477 g/mol. The topological polar surface area (TPSA) is 111 Å². The quantitative estimate of drug-likeness (QED) is 0.387. The summed E-state index contributed by atoms with van der Waals surface area (Å²) in [5, 5.41) is 6.79. The van der Waals surface area contributed by atoms with Crippen LogP contribution in [0, 0.1) is 13.8 Å². The molecule has 4 rings (SSSR count). The minimum absolute atomic E-state index is 0.0476. The fourth-order valence-electron chi connectivity index (χ4n) is 3.46. The Hall–Kier alpha value is -4.11. The summed E-state index contributed by atoms with van der Waals surface area (Å²) in [6, 6.07) is 20.4. The summed E-state index contributed by atoms with van der Waals surface area (Å²) in [6.45, 7) is 3.34. The lowest BCUT2D eigenvalue weighted by atomic mass is 10.1. The standard InChI is InChI=1S/C25H23N3O5S/c1-16-9-10-20(15-22(16)34(30,31)28-19-11-13-21(32-3)14-12-19)26-25(29)23-17(2)33-27-24(23)18-7-5-4-6-8-18/h4-15,28H,1-3H3,(H,26,29). The third kappa shape index (κ3) is 4.79. The number of nitrogens with zero attached hydrogens (tertiary/aromatic N) is 1. The molecular weight excluding hydrogens is 454 g/mol. The van der Waals surface area contributed by atoms with Crippen molar-refractivity contribution >= 4 is 27.3 Å². The van der Waals surface area contributed by atoms with Gasteiger partial charge in [0.15, 0.2) is 0 Å². The van der Waals surface area contributed by atoms with Gasteiger partial charge < -0.3 is 14.6 Å². The number of sulfonamides is 1. The number of aryl methyl sites for hydroxylation is 2. The minimum Gasteiger partial charge on any atom is -0.497 e. The van der Waals surface area contributed by atoms with Crippen molar-refractivity contribution in [3.63, 3.8) is 0 Å². The summed E-state index contributed by atoms with van der Waals surface area (Å²) in [6.07, 6.45) is 0. The Balaban J connectivity index is 1.60. The molecule has 174 valence electrons. The fraction of sp³-hybridized carbons (Fsp3) is 0.120. The number of benzene rings is 3. The number of anilines is 2. The molecule has 34 heavy (non-hydrogen) atoms. The highest BCUT2D eigenvalue weighted by Crippen LogP contribution is 2.28. The smallest absolute Gasteiger partial charge is 0.262 e. The molecule has 1 aromatic heterocycles. The van der Waals surface area contributed by atoms with Crippen molar-refractivity contribution in [3.05, 3.63) is 89.7 Å². The molecule has 8 nitrogen and oxygen atoms in total. The zero-order valence-electron chi connectivity index (χ0n) is 18.8. The van der Waals surface area contributed by atoms with Gasteiger partial charge in [0, 0.05) is 16.9 Å². The average molecular weight is 478 g/mol. The van der Waals surface area contributed by atoms with Gasteiger partial charge in [-0.15, -0.1) is 0 Å². The van der Waals surface area contributed by atoms with Crippen LogP contribution >= 0.6 is 0 Å². The maximum absolute atomic E-state index is 13.1. The Morgan fingerprint density at radius 2 is 1.62 bits per heavy atom. The lowest BCUT2D eigenvalue weighted by Gasteiger charge is -2.13. The number of ether oxygens (including phenoxy) is 1. The van der Waals surface area contributed by atoms with E-state index in [-0.39, 0.29) is 10.5 Å². The zero-order valence-corrected chi connectivity index (χ0v) is 19.6. The molecule has 1 heterocycles. The first-order valence-electron chi connectivity index (χ1n) is 10.4. The van der Waals surface area contributed by atoms with Crippen LogP contribution in [-0.2, 0) is 10.0 Å². The van der Waals surface area contributed by atoms with Crippen LogP contribution in [0.25, 0.3) is 11.3 Å². The summed E-state index contributed by atoms with van der Waals surface area (Å²) < 4.78 is 39.0. The summed E-state index contributed by atoms with van der Waals surface area (Å²) in [7, 11) is -2.37. The second-order valence-electron chi connectivity index (χ2n) is 7.60. The molecule has 3 aromatic carbocycles. The molecular formula is C25H23N3O5S. The molecule has 1 amide bonds. The zero-order chi connectivity index (χ0) is 24.3. The van der Waals surface area contributed by atoms with Crippen LogP contribution in [0.4, 0.5) is 11.4 Å². The molecule has 0 unspecified atom stereocenters. The SMILES string of the molecule is COc1ccc(NS(=O)(=O)c2cc(NC(=O)c3c(-c4ccccc4)noc3C)ccc2C)cc1. The third-order valence-electron chi connectivity index (χ3n) is 5.21. The molecule has 0 radical (unpaired) electrons. The number of carbonyl (C=O) groups excluding carboxylic acids is 1. The summed E-state index contributed by atoms with van der Waals surface area (Å²) in [5.74, 6) is 0.521. The number of carbonyl (C=O) groups is 1. The second-order valence-corrected chi connectivity index (χ2v) is 9.25. The molecule has 0 saturated heterocycles. The van der Waals surface area contributed by atoms with Crippen LogP contribution < -0.4 is 14.8 Å². The van der Waals surface area contributed by atoms with E-state index >= 15 is 0 Å². The number of methoxy groups -OCH3 is 1. The molecule has 4 aromatic rings. The number of nitrogens with one attached hydrogen (secondary N) is 2. The van der Waals surface area contributed by atoms with Crippen molar-refractivity contribution in [2.75, 3.05) is 17.1 Å². The van der Waals surface area contributed by atoms with Crippen molar-refractivity contribution in [1.82, 2.24) is 5.16 Å². The molecule has 9 heteroatoms. The molecule has 0 aliphatic carbocycles. The fourth-order valence-corrected chi connectivity index (χ4v) is 4.79. The number of amides is 1. The van der Waals surface area contributed by atoms with Crippen molar-refractivity contribution in [3.8, 4) is 17.0 Å². The lowest BCUT2D eigenvalue weighted by molar-refractivity contribution is 0.102. The van der Waals surface area contributed by atoms with E-state index in [0.717, 1.165) is 5.56 Å². The van der Waals surface area contributed by atoms with Crippen molar-refractivity contribution in [2.45, 2.75) is 18.7 Å². The van der Waals surface area contributed by atoms with E-state index in [9.17, 15) is 13.2 Å². The van der Waals surface area contributed by atoms with E-state index in [2.05, 4.69) is 15.2 Å². The first kappa shape index (κ1) is 23.1. The summed E-state index contributed by atoms with van der Waals surface area (Å²) >= 11 is 0. The normalized spacial score (nSPS) is 11.1. The van der Waals surface area contributed by atoms with Crippen LogP contribution in [0.2, 0.25) is 0 Å². The second kappa shape index (κ2) is 9.40. The first-order chi connectivity index (χ1) is 16.3. The molecule has 0 atom stereocenters. The number of hydrogen-bond acceptors (Lipinski definition) is 6. The van der Waals surface area contributed by atoms with Crippen LogP contribution in [0.1, 0.15) is 21.7 Å². The van der Waals surface area contributed by atoms with Crippen molar-refractivity contribution in [1.29, 1.82) is 0 Å². The first-order valence-corrected chi connectivity index (χ1v) is 11.9. The average Bonchev–Trinajstić information content (AvgIpc) is 3.22. The van der Waals surface area contributed by atoms with Gasteiger partial charge in [0.2, 0.25) is 0 Å². The number of aromatic nitrogens is 1. The van der Waals surface area contributed by atoms with Gasteiger partial charge in [-0.1, -0.05) is 41.6 Å². The number of hydrogen-bond donors (Lipinski definition) is 2. The maximum atomic E-state index is 13.1. The third-order valence-corrected chi connectivity index (χ3v) is 6.74. The molecule has 2 N–H and O–H groups in total. The summed E-state index contributed by atoms with van der Waals surface area (Å²) in [4.78, 5) is 13.1. The molecule has 0 aliphatic rings. The Morgan fingerprint density at radius 1 is 0.941 bits per heavy atom. The van der Waals surface area contributed by atoms with E-state index in [4.69, 9.17) is 9.26 Å². The van der Waals surface area contributed by atoms with E-state index in [1.54, 1.807) is 50.2 Å². The van der Waals surface area contributed by atoms with Gasteiger partial charge in [-0.05, 0) is 55.8 Å². The summed E-state index contributed by atoms with van der Waals surface area (Å²) in [5.41, 5.74) is 2.68. The minimum atomic E-state index is -3.91. The van der Waals surface area contributed by atoms with E-state index in [1.165, 1.54) is 13.2 Å². The van der Waals surface area contributed by atoms with Gasteiger partial charge in [-0.2, -0.15) is 0 Å². The van der Waals surface area contributed by atoms with Crippen LogP contribution in [0.15, 0.2) is 82.2 Å². The Labute approximate surface area is 197 Å². The van der Waals surface area contributed by atoms with Crippen LogP contribution in [0.5, 0.6) is 5.75 Å². The highest BCUT2D eigenvalue weighted by Gasteiger charge is 2.23. The van der Waals surface area contributed by atoms with Gasteiger partial charge in [0.05, 0.1) is 12.0 Å². The Bertz CT molecular complexity index is 1430. The maximum Gasteiger partial charge on any atom is 0.262 e. The molecule has 0 aliphatic heterocycles. The van der Waals surface area contributed by atoms with Crippen molar-refractivity contribution < 1.29 is 22.5 Å². The number of rotatable bonds is 7. The van der Waals surface area contributed by atoms with Crippen molar-refractivity contribution in [2.24, 2.45) is 0 Å². The van der Waals surface area contributed by atoms with Gasteiger partial charge in [-0.3, -0.25) is 9.52 Å². The van der Waals surface area contributed by atoms with E-state index in [1.807, 2.05) is 30.3 Å². The highest BCUT2D eigenvalue weighted by atomic mass is 32.2. The van der Waals surface area contributed by atoms with Gasteiger partial charge in [0.1, 0.15) is 22.8 Å². The predicted molar refractivity (Wildman–Crippen MR) is 130 cm³/mol. The Kier molecular flexibility index (Phi) is 6.38. The highest BCUT2D eigenvalue weighted by molar-refractivity contribution is 7.92. The largest absolute Gasteiger partial charge is 0.497 e.